The summed E-state index contributed by atoms with van der Waals surface area (Å²) >= 11 is 0. The summed E-state index contributed by atoms with van der Waals surface area (Å²) in [6, 6.07) is 16.8. The van der Waals surface area contributed by atoms with Gasteiger partial charge in [0.2, 0.25) is 0 Å². The first kappa shape index (κ1) is 14.1. The Morgan fingerprint density at radius 2 is 1.91 bits per heavy atom. The fourth-order valence-corrected chi connectivity index (χ4v) is 2.30. The zero-order valence-corrected chi connectivity index (χ0v) is 12.3. The van der Waals surface area contributed by atoms with Crippen LogP contribution in [0, 0.1) is 0 Å². The van der Waals surface area contributed by atoms with Crippen molar-refractivity contribution in [2.75, 3.05) is 6.61 Å². The van der Waals surface area contributed by atoms with Crippen LogP contribution in [0.3, 0.4) is 0 Å². The molecule has 110 valence electrons. The summed E-state index contributed by atoms with van der Waals surface area (Å²) < 4.78 is 10.9. The van der Waals surface area contributed by atoms with Crippen LogP contribution in [0.2, 0.25) is 0 Å². The van der Waals surface area contributed by atoms with Gasteiger partial charge in [-0.25, -0.2) is 4.79 Å². The van der Waals surface area contributed by atoms with Gasteiger partial charge in [-0.3, -0.25) is 0 Å². The molecule has 0 aliphatic carbocycles. The molecule has 0 saturated carbocycles. The molecule has 0 unspecified atom stereocenters. The molecule has 2 aromatic carbocycles. The fraction of sp³-hybridized carbons (Fsp3) is 0.105. The van der Waals surface area contributed by atoms with Crippen LogP contribution in [0.25, 0.3) is 22.1 Å². The van der Waals surface area contributed by atoms with Crippen LogP contribution in [-0.2, 0) is 0 Å². The Balaban J connectivity index is 2.11. The maximum absolute atomic E-state index is 11.8. The number of fused-ring (bicyclic) bond motifs is 1. The minimum Gasteiger partial charge on any atom is -0.489 e. The number of benzene rings is 2. The molecule has 0 amide bonds. The lowest BCUT2D eigenvalue weighted by Crippen LogP contribution is -2.00. The van der Waals surface area contributed by atoms with Gasteiger partial charge in [0.15, 0.2) is 0 Å². The number of ether oxygens (including phenoxy) is 1. The third-order valence-electron chi connectivity index (χ3n) is 3.29. The van der Waals surface area contributed by atoms with E-state index < -0.39 is 0 Å². The topological polar surface area (TPSA) is 39.4 Å². The zero-order valence-electron chi connectivity index (χ0n) is 12.3. The molecule has 0 aliphatic heterocycles. The summed E-state index contributed by atoms with van der Waals surface area (Å²) in [5.74, 6) is 0.656. The first-order chi connectivity index (χ1) is 10.6. The number of hydrogen-bond donors (Lipinski definition) is 0. The Hall–Kier alpha value is -2.81. The van der Waals surface area contributed by atoms with Gasteiger partial charge in [-0.05, 0) is 35.8 Å². The highest BCUT2D eigenvalue weighted by atomic mass is 16.5. The summed E-state index contributed by atoms with van der Waals surface area (Å²) in [5.41, 5.74) is 2.92. The molecule has 0 fully saturated rings. The van der Waals surface area contributed by atoms with Crippen molar-refractivity contribution >= 4 is 11.0 Å². The molecule has 3 rings (SSSR count). The largest absolute Gasteiger partial charge is 0.489 e. The van der Waals surface area contributed by atoms with Gasteiger partial charge in [-0.15, -0.1) is 0 Å². The maximum atomic E-state index is 11.8. The molecule has 1 heterocycles. The molecular weight excluding hydrogens is 276 g/mol. The van der Waals surface area contributed by atoms with Crippen LogP contribution < -0.4 is 10.4 Å². The van der Waals surface area contributed by atoms with Crippen molar-refractivity contribution in [2.45, 2.75) is 6.92 Å². The molecule has 0 radical (unpaired) electrons. The van der Waals surface area contributed by atoms with E-state index >= 15 is 0 Å². The first-order valence-electron chi connectivity index (χ1n) is 7.04. The van der Waals surface area contributed by atoms with Gasteiger partial charge < -0.3 is 9.15 Å². The van der Waals surface area contributed by atoms with Gasteiger partial charge in [0.25, 0.3) is 0 Å². The van der Waals surface area contributed by atoms with Crippen molar-refractivity contribution in [1.82, 2.24) is 0 Å². The highest BCUT2D eigenvalue weighted by Gasteiger charge is 2.08. The van der Waals surface area contributed by atoms with Crippen molar-refractivity contribution < 1.29 is 9.15 Å². The Kier molecular flexibility index (Phi) is 3.79. The predicted molar refractivity (Wildman–Crippen MR) is 88.2 cm³/mol. The van der Waals surface area contributed by atoms with Crippen molar-refractivity contribution in [2.24, 2.45) is 0 Å². The Labute approximate surface area is 128 Å². The molecule has 3 aromatic rings. The van der Waals surface area contributed by atoms with Gasteiger partial charge in [-0.2, -0.15) is 0 Å². The molecule has 0 saturated heterocycles. The smallest absolute Gasteiger partial charge is 0.336 e. The standard InChI is InChI=1S/C19H16O3/c1-13(2)12-21-15-8-9-16-17(14-6-4-3-5-7-14)11-19(20)22-18(16)10-15/h3-11H,1,12H2,2H3. The second-order valence-electron chi connectivity index (χ2n) is 5.25. The molecule has 0 spiro atoms. The van der Waals surface area contributed by atoms with Crippen LogP contribution in [0.15, 0.2) is 76.0 Å². The van der Waals surface area contributed by atoms with Crippen LogP contribution in [0.4, 0.5) is 0 Å². The average molecular weight is 292 g/mol. The average Bonchev–Trinajstić information content (AvgIpc) is 2.52. The van der Waals surface area contributed by atoms with E-state index in [-0.39, 0.29) is 5.63 Å². The number of hydrogen-bond acceptors (Lipinski definition) is 3. The lowest BCUT2D eigenvalue weighted by atomic mass is 10.0. The van der Waals surface area contributed by atoms with Crippen LogP contribution in [-0.4, -0.2) is 6.61 Å². The van der Waals surface area contributed by atoms with Crippen molar-refractivity contribution in [1.29, 1.82) is 0 Å². The van der Waals surface area contributed by atoms with Crippen molar-refractivity contribution in [3.8, 4) is 16.9 Å². The van der Waals surface area contributed by atoms with E-state index in [1.54, 1.807) is 6.07 Å². The van der Waals surface area contributed by atoms with Crippen LogP contribution in [0.5, 0.6) is 5.75 Å². The molecule has 1 aromatic heterocycles. The minimum atomic E-state index is -0.372. The lowest BCUT2D eigenvalue weighted by Gasteiger charge is -2.09. The molecule has 0 aliphatic rings. The summed E-state index contributed by atoms with van der Waals surface area (Å²) in [6.45, 7) is 6.14. The van der Waals surface area contributed by atoms with Crippen LogP contribution in [0.1, 0.15) is 6.92 Å². The molecule has 0 N–H and O–H groups in total. The van der Waals surface area contributed by atoms with E-state index in [4.69, 9.17) is 9.15 Å². The van der Waals surface area contributed by atoms with Gasteiger partial charge in [0.05, 0.1) is 0 Å². The quantitative estimate of drug-likeness (QED) is 0.528. The Morgan fingerprint density at radius 3 is 2.64 bits per heavy atom. The van der Waals surface area contributed by atoms with Crippen LogP contribution >= 0.6 is 0 Å². The van der Waals surface area contributed by atoms with Gasteiger partial charge in [0.1, 0.15) is 17.9 Å². The normalized spacial score (nSPS) is 10.6. The number of rotatable bonds is 4. The zero-order chi connectivity index (χ0) is 15.5. The molecule has 3 nitrogen and oxygen atoms in total. The highest BCUT2D eigenvalue weighted by Crippen LogP contribution is 2.29. The van der Waals surface area contributed by atoms with Crippen molar-refractivity contribution in [3.63, 3.8) is 0 Å². The molecule has 22 heavy (non-hydrogen) atoms. The van der Waals surface area contributed by atoms with Gasteiger partial charge in [0, 0.05) is 17.5 Å². The lowest BCUT2D eigenvalue weighted by molar-refractivity contribution is 0.352. The predicted octanol–water partition coefficient (Wildman–Crippen LogP) is 4.41. The van der Waals surface area contributed by atoms with Gasteiger partial charge >= 0.3 is 5.63 Å². The second kappa shape index (κ2) is 5.90. The third-order valence-corrected chi connectivity index (χ3v) is 3.29. The second-order valence-corrected chi connectivity index (χ2v) is 5.25. The van der Waals surface area contributed by atoms with E-state index in [1.807, 2.05) is 49.4 Å². The molecule has 0 atom stereocenters. The van der Waals surface area contributed by atoms with Crippen molar-refractivity contribution in [3.05, 3.63) is 77.2 Å². The van der Waals surface area contributed by atoms with E-state index in [2.05, 4.69) is 6.58 Å². The maximum Gasteiger partial charge on any atom is 0.336 e. The highest BCUT2D eigenvalue weighted by molar-refractivity contribution is 5.93. The van der Waals surface area contributed by atoms with E-state index in [1.165, 1.54) is 6.07 Å². The minimum absolute atomic E-state index is 0.372. The summed E-state index contributed by atoms with van der Waals surface area (Å²) in [4.78, 5) is 11.8. The molecular formula is C19H16O3. The molecule has 0 bridgehead atoms. The van der Waals surface area contributed by atoms with E-state index in [0.29, 0.717) is 17.9 Å². The summed E-state index contributed by atoms with van der Waals surface area (Å²) in [7, 11) is 0. The van der Waals surface area contributed by atoms with E-state index in [0.717, 1.165) is 22.1 Å². The summed E-state index contributed by atoms with van der Waals surface area (Å²) in [6.07, 6.45) is 0. The monoisotopic (exact) mass is 292 g/mol. The van der Waals surface area contributed by atoms with E-state index in [9.17, 15) is 4.79 Å². The Bertz CT molecular complexity index is 876. The Morgan fingerprint density at radius 1 is 1.14 bits per heavy atom. The SMILES string of the molecule is C=C(C)COc1ccc2c(-c3ccccc3)cc(=O)oc2c1. The fourth-order valence-electron chi connectivity index (χ4n) is 2.30. The van der Waals surface area contributed by atoms with Gasteiger partial charge in [-0.1, -0.05) is 36.9 Å². The first-order valence-corrected chi connectivity index (χ1v) is 7.04. The molecule has 3 heteroatoms. The third kappa shape index (κ3) is 2.93. The summed E-state index contributed by atoms with van der Waals surface area (Å²) in [5, 5.41) is 0.883.